The van der Waals surface area contributed by atoms with Crippen molar-refractivity contribution in [3.05, 3.63) is 28.7 Å². The maximum Gasteiger partial charge on any atom is 0.261 e. The fraction of sp³-hybridized carbons (Fsp3) is 0.462. The highest BCUT2D eigenvalue weighted by molar-refractivity contribution is 9.10. The summed E-state index contributed by atoms with van der Waals surface area (Å²) in [6.45, 7) is 3.52. The van der Waals surface area contributed by atoms with Crippen LogP contribution in [0.15, 0.2) is 28.7 Å². The van der Waals surface area contributed by atoms with Crippen LogP contribution in [0, 0.1) is 0 Å². The quantitative estimate of drug-likeness (QED) is 0.845. The van der Waals surface area contributed by atoms with Gasteiger partial charge in [-0.3, -0.25) is 4.79 Å². The number of ether oxygens (including phenoxy) is 1. The van der Waals surface area contributed by atoms with E-state index >= 15 is 0 Å². The Hall–Kier alpha value is -1.07. The summed E-state index contributed by atoms with van der Waals surface area (Å²) in [5, 5.41) is 11.7. The van der Waals surface area contributed by atoms with Crippen LogP contribution in [0.4, 0.5) is 0 Å². The summed E-state index contributed by atoms with van der Waals surface area (Å²) in [5.74, 6) is 0.414. The van der Waals surface area contributed by atoms with E-state index in [0.29, 0.717) is 12.2 Å². The lowest BCUT2D eigenvalue weighted by atomic mass is 10.2. The predicted molar refractivity (Wildman–Crippen MR) is 73.5 cm³/mol. The molecule has 1 rings (SSSR count). The van der Waals surface area contributed by atoms with Crippen LogP contribution in [0.1, 0.15) is 20.3 Å². The third-order valence-electron chi connectivity index (χ3n) is 2.56. The molecule has 2 atom stereocenters. The summed E-state index contributed by atoms with van der Waals surface area (Å²) in [7, 11) is 0. The molecule has 0 heterocycles. The standard InChI is InChI=1S/C13H18BrNO3/c1-3-11(8-16)15-13(17)9(2)18-12-6-4-10(14)5-7-12/h4-7,9,11,16H,3,8H2,1-2H3,(H,15,17)/t9?,11-/m0/s1. The maximum atomic E-state index is 11.8. The van der Waals surface area contributed by atoms with Crippen molar-refractivity contribution >= 4 is 21.8 Å². The number of nitrogens with one attached hydrogen (secondary N) is 1. The Morgan fingerprint density at radius 3 is 2.56 bits per heavy atom. The first-order valence-corrected chi connectivity index (χ1v) is 6.69. The van der Waals surface area contributed by atoms with Crippen molar-refractivity contribution in [3.8, 4) is 5.75 Å². The van der Waals surface area contributed by atoms with E-state index < -0.39 is 6.10 Å². The predicted octanol–water partition coefficient (Wildman–Crippen LogP) is 2.10. The molecule has 0 aliphatic carbocycles. The maximum absolute atomic E-state index is 11.8. The zero-order chi connectivity index (χ0) is 13.5. The van der Waals surface area contributed by atoms with E-state index in [1.54, 1.807) is 19.1 Å². The zero-order valence-electron chi connectivity index (χ0n) is 10.5. The monoisotopic (exact) mass is 315 g/mol. The third kappa shape index (κ3) is 4.66. The van der Waals surface area contributed by atoms with Crippen molar-refractivity contribution in [1.82, 2.24) is 5.32 Å². The van der Waals surface area contributed by atoms with Gasteiger partial charge in [-0.2, -0.15) is 0 Å². The number of benzene rings is 1. The Morgan fingerprint density at radius 2 is 2.06 bits per heavy atom. The lowest BCUT2D eigenvalue weighted by Crippen LogP contribution is -2.43. The second-order valence-electron chi connectivity index (χ2n) is 4.01. The average molecular weight is 316 g/mol. The van der Waals surface area contributed by atoms with Crippen LogP contribution in [-0.2, 0) is 4.79 Å². The lowest BCUT2D eigenvalue weighted by molar-refractivity contribution is -0.128. The molecule has 0 fully saturated rings. The minimum Gasteiger partial charge on any atom is -0.481 e. The number of carbonyl (C=O) groups is 1. The van der Waals surface area contributed by atoms with Crippen molar-refractivity contribution < 1.29 is 14.6 Å². The third-order valence-corrected chi connectivity index (χ3v) is 3.08. The van der Waals surface area contributed by atoms with E-state index in [-0.39, 0.29) is 18.6 Å². The molecule has 0 radical (unpaired) electrons. The number of carbonyl (C=O) groups excluding carboxylic acids is 1. The van der Waals surface area contributed by atoms with Crippen LogP contribution >= 0.6 is 15.9 Å². The molecule has 100 valence electrons. The number of aliphatic hydroxyl groups excluding tert-OH is 1. The van der Waals surface area contributed by atoms with Gasteiger partial charge in [0.15, 0.2) is 6.10 Å². The van der Waals surface area contributed by atoms with Gasteiger partial charge in [-0.25, -0.2) is 0 Å². The van der Waals surface area contributed by atoms with Gasteiger partial charge in [0.2, 0.25) is 0 Å². The van der Waals surface area contributed by atoms with Gasteiger partial charge in [0.25, 0.3) is 5.91 Å². The van der Waals surface area contributed by atoms with Crippen LogP contribution < -0.4 is 10.1 Å². The Balaban J connectivity index is 2.51. The van der Waals surface area contributed by atoms with Crippen LogP contribution in [0.5, 0.6) is 5.75 Å². The highest BCUT2D eigenvalue weighted by Crippen LogP contribution is 2.17. The molecule has 2 N–H and O–H groups in total. The number of rotatable bonds is 6. The van der Waals surface area contributed by atoms with Crippen LogP contribution in [0.25, 0.3) is 0 Å². The molecule has 4 nitrogen and oxygen atoms in total. The molecular weight excluding hydrogens is 298 g/mol. The van der Waals surface area contributed by atoms with E-state index in [9.17, 15) is 4.79 Å². The van der Waals surface area contributed by atoms with Gasteiger partial charge in [0, 0.05) is 4.47 Å². The molecule has 1 unspecified atom stereocenters. The highest BCUT2D eigenvalue weighted by atomic mass is 79.9. The number of aliphatic hydroxyl groups is 1. The first kappa shape index (κ1) is 15.0. The van der Waals surface area contributed by atoms with Crippen molar-refractivity contribution in [2.24, 2.45) is 0 Å². The molecule has 18 heavy (non-hydrogen) atoms. The summed E-state index contributed by atoms with van der Waals surface area (Å²) in [5.41, 5.74) is 0. The summed E-state index contributed by atoms with van der Waals surface area (Å²) in [6, 6.07) is 7.06. The molecule has 0 aliphatic heterocycles. The summed E-state index contributed by atoms with van der Waals surface area (Å²) in [4.78, 5) is 11.8. The van der Waals surface area contributed by atoms with Gasteiger partial charge < -0.3 is 15.2 Å². The summed E-state index contributed by atoms with van der Waals surface area (Å²) < 4.78 is 6.46. The second-order valence-corrected chi connectivity index (χ2v) is 4.93. The molecule has 0 saturated carbocycles. The molecule has 1 aromatic rings. The number of amides is 1. The Morgan fingerprint density at radius 1 is 1.44 bits per heavy atom. The Bertz CT molecular complexity index is 376. The Kier molecular flexibility index (Phi) is 6.15. The van der Waals surface area contributed by atoms with Crippen molar-refractivity contribution in [2.45, 2.75) is 32.4 Å². The van der Waals surface area contributed by atoms with Gasteiger partial charge >= 0.3 is 0 Å². The highest BCUT2D eigenvalue weighted by Gasteiger charge is 2.17. The first-order chi connectivity index (χ1) is 8.56. The lowest BCUT2D eigenvalue weighted by Gasteiger charge is -2.19. The fourth-order valence-electron chi connectivity index (χ4n) is 1.37. The topological polar surface area (TPSA) is 58.6 Å². The van der Waals surface area contributed by atoms with E-state index in [1.165, 1.54) is 0 Å². The molecule has 0 aromatic heterocycles. The van der Waals surface area contributed by atoms with Gasteiger partial charge in [-0.05, 0) is 37.6 Å². The molecular formula is C13H18BrNO3. The molecule has 0 bridgehead atoms. The van der Waals surface area contributed by atoms with Crippen LogP contribution in [0.3, 0.4) is 0 Å². The number of halogens is 1. The van der Waals surface area contributed by atoms with Crippen molar-refractivity contribution in [1.29, 1.82) is 0 Å². The molecule has 1 aromatic carbocycles. The largest absolute Gasteiger partial charge is 0.481 e. The Labute approximate surface area is 115 Å². The van der Waals surface area contributed by atoms with Gasteiger partial charge in [0.05, 0.1) is 12.6 Å². The van der Waals surface area contributed by atoms with Gasteiger partial charge in [0.1, 0.15) is 5.75 Å². The van der Waals surface area contributed by atoms with Gasteiger partial charge in [-0.1, -0.05) is 22.9 Å². The van der Waals surface area contributed by atoms with E-state index in [1.807, 2.05) is 19.1 Å². The molecule has 1 amide bonds. The molecule has 0 saturated heterocycles. The number of hydrogen-bond acceptors (Lipinski definition) is 3. The zero-order valence-corrected chi connectivity index (χ0v) is 12.1. The molecule has 5 heteroatoms. The summed E-state index contributed by atoms with van der Waals surface area (Å²) in [6.07, 6.45) is 0.0968. The van der Waals surface area contributed by atoms with E-state index in [4.69, 9.17) is 9.84 Å². The van der Waals surface area contributed by atoms with Crippen molar-refractivity contribution in [3.63, 3.8) is 0 Å². The number of hydrogen-bond donors (Lipinski definition) is 2. The van der Waals surface area contributed by atoms with Crippen LogP contribution in [-0.4, -0.2) is 29.8 Å². The van der Waals surface area contributed by atoms with E-state index in [2.05, 4.69) is 21.2 Å². The minimum atomic E-state index is -0.591. The second kappa shape index (κ2) is 7.38. The molecule has 0 aliphatic rings. The smallest absolute Gasteiger partial charge is 0.261 e. The average Bonchev–Trinajstić information content (AvgIpc) is 2.38. The van der Waals surface area contributed by atoms with Crippen molar-refractivity contribution in [2.75, 3.05) is 6.61 Å². The summed E-state index contributed by atoms with van der Waals surface area (Å²) >= 11 is 3.33. The van der Waals surface area contributed by atoms with Crippen LogP contribution in [0.2, 0.25) is 0 Å². The van der Waals surface area contributed by atoms with E-state index in [0.717, 1.165) is 4.47 Å². The fourth-order valence-corrected chi connectivity index (χ4v) is 1.63. The normalized spacial score (nSPS) is 13.8. The molecule has 0 spiro atoms. The van der Waals surface area contributed by atoms with Gasteiger partial charge in [-0.15, -0.1) is 0 Å². The first-order valence-electron chi connectivity index (χ1n) is 5.90. The SMILES string of the molecule is CC[C@@H](CO)NC(=O)C(C)Oc1ccc(Br)cc1. The minimum absolute atomic E-state index is 0.0623.